The number of nitrogens with zero attached hydrogens (tertiary/aromatic N) is 4. The van der Waals surface area contributed by atoms with E-state index in [1.54, 1.807) is 0 Å². The summed E-state index contributed by atoms with van der Waals surface area (Å²) in [5, 5.41) is 11.9. The first kappa shape index (κ1) is 59.2. The molecule has 424 valence electrons. The van der Waals surface area contributed by atoms with Crippen LogP contribution in [-0.2, 0) is 60.7 Å². The van der Waals surface area contributed by atoms with E-state index in [1.165, 1.54) is 24.3 Å². The third-order valence-electron chi connectivity index (χ3n) is 11.3. The molecule has 6 aromatic rings. The minimum absolute atomic E-state index is 0.236. The molecular weight excluding hydrogens is 1210 g/mol. The quantitative estimate of drug-likeness (QED) is 0.0373. The zero-order valence-electron chi connectivity index (χ0n) is 40.2. The Bertz CT molecular complexity index is 4420. The van der Waals surface area contributed by atoms with Crippen LogP contribution in [0, 0.1) is 0 Å². The number of fused-ring (bicyclic) bond motifs is 2. The Kier molecular flexibility index (Phi) is 15.8. The van der Waals surface area contributed by atoms with Crippen LogP contribution in [0.5, 0.6) is 0 Å². The van der Waals surface area contributed by atoms with Gasteiger partial charge in [0.05, 0.1) is 22.5 Å². The number of ketones is 2. The van der Waals surface area contributed by atoms with Crippen molar-refractivity contribution < 1.29 is 97.0 Å². The lowest BCUT2D eigenvalue weighted by Gasteiger charge is -2.15. The number of rotatable bonds is 16. The Morgan fingerprint density at radius 3 is 1.09 bits per heavy atom. The van der Waals surface area contributed by atoms with Crippen molar-refractivity contribution in [3.05, 3.63) is 166 Å². The van der Waals surface area contributed by atoms with Crippen molar-refractivity contribution in [1.29, 1.82) is 0 Å². The Morgan fingerprint density at radius 1 is 0.427 bits per heavy atom. The number of benzene rings is 4. The lowest BCUT2D eigenvalue weighted by atomic mass is 10.00. The predicted octanol–water partition coefficient (Wildman–Crippen LogP) is 3.92. The molecule has 2 aliphatic carbocycles. The van der Waals surface area contributed by atoms with E-state index in [2.05, 4.69) is 41.7 Å². The molecule has 10 N–H and O–H groups in total. The third-order valence-corrected chi connectivity index (χ3v) is 16.7. The first-order valence-electron chi connectivity index (χ1n) is 21.9. The fraction of sp³-hybridized carbons (Fsp3) is 0. The van der Waals surface area contributed by atoms with Gasteiger partial charge in [-0.15, -0.1) is 0 Å². The summed E-state index contributed by atoms with van der Waals surface area (Å²) in [6.07, 6.45) is 5.57. The van der Waals surface area contributed by atoms with Gasteiger partial charge in [-0.1, -0.05) is 24.3 Å². The average Bonchev–Trinajstić information content (AvgIpc) is 3.52. The molecule has 0 aliphatic heterocycles. The Labute approximate surface area is 462 Å². The zero-order valence-corrected chi connectivity index (χ0v) is 45.1. The Morgan fingerprint density at radius 2 is 0.756 bits per heavy atom. The van der Waals surface area contributed by atoms with Gasteiger partial charge in [-0.05, 0) is 108 Å². The summed E-state index contributed by atoms with van der Waals surface area (Å²) in [6, 6.07) is 15.4. The number of anilines is 4. The molecule has 8 rings (SSSR count). The van der Waals surface area contributed by atoms with Gasteiger partial charge in [0.2, 0.25) is 11.6 Å². The maximum Gasteiger partial charge on any atom is 0.295 e. The topological polar surface area (TPSA) is 493 Å². The molecule has 0 saturated carbocycles. The van der Waals surface area contributed by atoms with E-state index in [0.717, 1.165) is 73.1 Å². The average molecular weight is 1240 g/mol. The molecule has 0 fully saturated rings. The van der Waals surface area contributed by atoms with Gasteiger partial charge in [0.25, 0.3) is 72.5 Å². The number of nitrogens with one attached hydrogen (secondary N) is 4. The lowest BCUT2D eigenvalue weighted by molar-refractivity contribution is 0.101. The number of Topliss-reactive ketones (excluding diaryl/α,β-unsaturated/α-hetero) is 2. The van der Waals surface area contributed by atoms with Crippen LogP contribution in [-0.4, -0.2) is 123 Å². The van der Waals surface area contributed by atoms with Gasteiger partial charge < -0.3 is 10.6 Å². The molecule has 0 atom stereocenters. The van der Waals surface area contributed by atoms with Gasteiger partial charge in [0, 0.05) is 34.9 Å². The first-order chi connectivity index (χ1) is 38.1. The number of carbonyl (C=O) groups is 4. The molecule has 82 heavy (non-hydrogen) atoms. The lowest BCUT2D eigenvalue weighted by Crippen LogP contribution is -2.24. The fourth-order valence-electron chi connectivity index (χ4n) is 7.70. The molecular formula is C46H32N8O22S6. The fourth-order valence-corrected chi connectivity index (χ4v) is 12.0. The molecule has 4 aromatic carbocycles. The van der Waals surface area contributed by atoms with Crippen molar-refractivity contribution in [1.82, 2.24) is 9.97 Å². The van der Waals surface area contributed by atoms with Crippen molar-refractivity contribution in [3.8, 4) is 0 Å². The minimum Gasteiger partial charge on any atom is -0.322 e. The van der Waals surface area contributed by atoms with Crippen LogP contribution in [0.4, 0.5) is 22.7 Å². The second-order valence-corrected chi connectivity index (χ2v) is 25.1. The van der Waals surface area contributed by atoms with E-state index < -0.39 is 170 Å². The summed E-state index contributed by atoms with van der Waals surface area (Å²) in [5.74, 6) is -4.46. The van der Waals surface area contributed by atoms with Gasteiger partial charge >= 0.3 is 0 Å². The maximum atomic E-state index is 13.5. The Balaban J connectivity index is 1.01. The summed E-state index contributed by atoms with van der Waals surface area (Å²) < 4.78 is 209. The molecule has 0 spiro atoms. The highest BCUT2D eigenvalue weighted by molar-refractivity contribution is 7.95. The number of hydrogen-bond acceptors (Lipinski definition) is 22. The predicted molar refractivity (Wildman–Crippen MR) is 288 cm³/mol. The summed E-state index contributed by atoms with van der Waals surface area (Å²) in [5.41, 5.74) is -1.84. The standard InChI is InChI=1S/C46H32N8O22S6/c55-43-33(21-39(81(71,72)73)29-3-1-15-47-41(29)43)53-51-27-11-13-31(37(19-27)79(65,66)67)45(57)49-25-9-7-23(35(17-25)77(59,60)61)5-6-24-8-10-26(18-36(24)78(62,63)64)50-46(58)32-14-12-28(20-38(32)80(68,69)70)52-54-34-22-40(82(74,75)76)30-4-2-16-48-42(30)44(34)56/h1-22,51-52H,(H,49,57)(H,50,58)(H,59,60,61)(H,62,63,64)(H,65,66,67)(H,68,69,70)(H,71,72,73)(H,74,75,76)/b6-5+,53-33+,54-34+. The van der Waals surface area contributed by atoms with E-state index in [-0.39, 0.29) is 22.5 Å². The second kappa shape index (κ2) is 21.9. The monoisotopic (exact) mass is 1240 g/mol. The number of allylic oxidation sites excluding steroid dienone is 2. The number of hydrazone groups is 2. The zero-order chi connectivity index (χ0) is 60.1. The van der Waals surface area contributed by atoms with Crippen molar-refractivity contribution in [3.63, 3.8) is 0 Å². The molecule has 0 saturated heterocycles. The number of hydrogen-bond donors (Lipinski definition) is 10. The highest BCUT2D eigenvalue weighted by atomic mass is 32.2. The molecule has 0 unspecified atom stereocenters. The van der Waals surface area contributed by atoms with Gasteiger partial charge in [-0.3, -0.25) is 67.3 Å². The number of carbonyl (C=O) groups excluding carboxylic acids is 4. The molecule has 2 heterocycles. The Hall–Kier alpha value is -8.92. The van der Waals surface area contributed by atoms with Gasteiger partial charge in [-0.25, -0.2) is 0 Å². The largest absolute Gasteiger partial charge is 0.322 e. The maximum absolute atomic E-state index is 13.5. The van der Waals surface area contributed by atoms with Gasteiger partial charge in [0.15, 0.2) is 0 Å². The summed E-state index contributed by atoms with van der Waals surface area (Å²) in [7, 11) is -30.9. The van der Waals surface area contributed by atoms with E-state index >= 15 is 0 Å². The molecule has 2 amide bonds. The van der Waals surface area contributed by atoms with Gasteiger partial charge in [-0.2, -0.15) is 60.7 Å². The minimum atomic E-state index is -5.29. The second-order valence-electron chi connectivity index (χ2n) is 16.7. The molecule has 36 heteroatoms. The van der Waals surface area contributed by atoms with Crippen molar-refractivity contribution in [2.24, 2.45) is 10.2 Å². The first-order valence-corrected chi connectivity index (χ1v) is 30.6. The van der Waals surface area contributed by atoms with Crippen molar-refractivity contribution in [2.45, 2.75) is 19.6 Å². The summed E-state index contributed by atoms with van der Waals surface area (Å²) in [4.78, 5) is 55.1. The number of aromatic nitrogens is 2. The number of pyridine rings is 2. The van der Waals surface area contributed by atoms with E-state index in [0.29, 0.717) is 36.4 Å². The number of amides is 2. The van der Waals surface area contributed by atoms with E-state index in [4.69, 9.17) is 0 Å². The SMILES string of the molecule is O=C(Nc1ccc(/C=C/c2ccc(NC(=O)c3ccc(N/N=C4\C=C(S(=O)(=O)O)c5cccnc5C4=O)cc3S(=O)(=O)O)cc2S(=O)(=O)O)c(S(=O)(=O)O)c1)c1ccc(N/N=C2\C=C(S(=O)(=O)O)c3cccnc3C2=O)cc1S(=O)(=O)O. The van der Waals surface area contributed by atoms with Crippen LogP contribution in [0.2, 0.25) is 0 Å². The van der Waals surface area contributed by atoms with E-state index in [1.807, 2.05) is 0 Å². The van der Waals surface area contributed by atoms with Crippen LogP contribution in [0.15, 0.2) is 151 Å². The summed E-state index contributed by atoms with van der Waals surface area (Å²) >= 11 is 0. The van der Waals surface area contributed by atoms with E-state index in [9.17, 15) is 97.0 Å². The van der Waals surface area contributed by atoms with Crippen LogP contribution < -0.4 is 21.5 Å². The molecule has 30 nitrogen and oxygen atoms in total. The normalized spacial score (nSPS) is 15.1. The highest BCUT2D eigenvalue weighted by Gasteiger charge is 2.34. The van der Waals surface area contributed by atoms with Crippen LogP contribution >= 0.6 is 0 Å². The highest BCUT2D eigenvalue weighted by Crippen LogP contribution is 2.32. The van der Waals surface area contributed by atoms with Crippen LogP contribution in [0.1, 0.15) is 63.9 Å². The smallest absolute Gasteiger partial charge is 0.295 e. The molecule has 0 bridgehead atoms. The van der Waals surface area contributed by atoms with Crippen LogP contribution in [0.25, 0.3) is 22.0 Å². The molecule has 2 aromatic heterocycles. The molecule has 0 radical (unpaired) electrons. The van der Waals surface area contributed by atoms with Gasteiger partial charge in [0.1, 0.15) is 52.2 Å². The van der Waals surface area contributed by atoms with Crippen molar-refractivity contribution >= 4 is 140 Å². The van der Waals surface area contributed by atoms with Crippen molar-refractivity contribution in [2.75, 3.05) is 21.5 Å². The molecule has 2 aliphatic rings. The third kappa shape index (κ3) is 13.0. The summed E-state index contributed by atoms with van der Waals surface area (Å²) in [6.45, 7) is 0. The van der Waals surface area contributed by atoms with Crippen LogP contribution in [0.3, 0.4) is 0 Å².